The summed E-state index contributed by atoms with van der Waals surface area (Å²) in [5.74, 6) is -1.34. The molecule has 2 rings (SSSR count). The van der Waals surface area contributed by atoms with E-state index in [0.717, 1.165) is 5.56 Å². The minimum Gasteiger partial charge on any atom is -0.480 e. The fourth-order valence-corrected chi connectivity index (χ4v) is 2.23. The van der Waals surface area contributed by atoms with Crippen molar-refractivity contribution < 1.29 is 14.7 Å². The maximum Gasteiger partial charge on any atom is 0.323 e. The molecule has 0 spiro atoms. The molecule has 0 radical (unpaired) electrons. The number of aliphatic carboxylic acids is 1. The molecule has 0 fully saturated rings. The van der Waals surface area contributed by atoms with Crippen molar-refractivity contribution in [2.45, 2.75) is 6.42 Å². The Morgan fingerprint density at radius 1 is 1.00 bits per heavy atom. The summed E-state index contributed by atoms with van der Waals surface area (Å²) < 4.78 is 0. The number of carboxylic acid groups (broad SMARTS) is 1. The van der Waals surface area contributed by atoms with Gasteiger partial charge < -0.3 is 10.0 Å². The van der Waals surface area contributed by atoms with Gasteiger partial charge in [-0.05, 0) is 36.2 Å². The Kier molecular flexibility index (Phi) is 5.55. The lowest BCUT2D eigenvalue weighted by molar-refractivity contribution is -0.137. The van der Waals surface area contributed by atoms with Gasteiger partial charge in [-0.15, -0.1) is 0 Å². The highest BCUT2D eigenvalue weighted by Gasteiger charge is 2.18. The maximum atomic E-state index is 12.4. The number of nitrogens with zero attached hydrogens (tertiary/aromatic N) is 1. The molecular formula is C17H16ClNO3. The third-order valence-corrected chi connectivity index (χ3v) is 3.47. The van der Waals surface area contributed by atoms with E-state index in [9.17, 15) is 9.59 Å². The molecule has 4 nitrogen and oxygen atoms in total. The van der Waals surface area contributed by atoms with E-state index in [2.05, 4.69) is 0 Å². The molecule has 0 saturated heterocycles. The first kappa shape index (κ1) is 16.0. The van der Waals surface area contributed by atoms with Gasteiger partial charge in [-0.2, -0.15) is 0 Å². The highest BCUT2D eigenvalue weighted by atomic mass is 35.5. The molecular weight excluding hydrogens is 302 g/mol. The smallest absolute Gasteiger partial charge is 0.323 e. The van der Waals surface area contributed by atoms with Crippen molar-refractivity contribution in [1.29, 1.82) is 0 Å². The lowest BCUT2D eigenvalue weighted by Gasteiger charge is -2.21. The second-order valence-corrected chi connectivity index (χ2v) is 5.30. The van der Waals surface area contributed by atoms with Crippen LogP contribution in [-0.4, -0.2) is 35.0 Å². The van der Waals surface area contributed by atoms with Gasteiger partial charge in [-0.1, -0.05) is 41.9 Å². The summed E-state index contributed by atoms with van der Waals surface area (Å²) in [6.07, 6.45) is 0.605. The van der Waals surface area contributed by atoms with Crippen molar-refractivity contribution in [3.8, 4) is 0 Å². The van der Waals surface area contributed by atoms with Crippen molar-refractivity contribution in [3.63, 3.8) is 0 Å². The molecule has 114 valence electrons. The van der Waals surface area contributed by atoms with Crippen LogP contribution in [0.15, 0.2) is 54.6 Å². The average Bonchev–Trinajstić information content (AvgIpc) is 2.52. The third kappa shape index (κ3) is 4.60. The minimum absolute atomic E-state index is 0.310. The molecule has 1 amide bonds. The zero-order valence-corrected chi connectivity index (χ0v) is 12.7. The lowest BCUT2D eigenvalue weighted by atomic mass is 10.1. The van der Waals surface area contributed by atoms with Gasteiger partial charge in [0.05, 0.1) is 0 Å². The quantitative estimate of drug-likeness (QED) is 0.890. The molecule has 0 aliphatic carbocycles. The molecule has 1 N–H and O–H groups in total. The van der Waals surface area contributed by atoms with Gasteiger partial charge >= 0.3 is 5.97 Å². The van der Waals surface area contributed by atoms with Crippen LogP contribution in [0.4, 0.5) is 0 Å². The molecule has 0 unspecified atom stereocenters. The van der Waals surface area contributed by atoms with Crippen molar-refractivity contribution in [1.82, 2.24) is 4.90 Å². The Hall–Kier alpha value is -2.33. The van der Waals surface area contributed by atoms with Crippen LogP contribution >= 0.6 is 11.6 Å². The van der Waals surface area contributed by atoms with Crippen LogP contribution in [-0.2, 0) is 11.2 Å². The number of amides is 1. The predicted octanol–water partition coefficient (Wildman–Crippen LogP) is 3.11. The Balaban J connectivity index is 2.09. The zero-order valence-electron chi connectivity index (χ0n) is 11.9. The zero-order chi connectivity index (χ0) is 15.9. The van der Waals surface area contributed by atoms with Crippen LogP contribution in [0.3, 0.4) is 0 Å². The normalized spacial score (nSPS) is 10.2. The van der Waals surface area contributed by atoms with Gasteiger partial charge in [0, 0.05) is 17.1 Å². The number of hydrogen-bond acceptors (Lipinski definition) is 2. The standard InChI is InChI=1S/C17H16ClNO3/c18-15-8-6-14(7-9-15)17(22)19(12-16(20)21)11-10-13-4-2-1-3-5-13/h1-9H,10-12H2,(H,20,21). The summed E-state index contributed by atoms with van der Waals surface area (Å²) in [5.41, 5.74) is 1.49. The molecule has 0 aromatic heterocycles. The molecule has 2 aromatic carbocycles. The number of rotatable bonds is 6. The number of carboxylic acids is 1. The van der Waals surface area contributed by atoms with Crippen LogP contribution in [0.2, 0.25) is 5.02 Å². The summed E-state index contributed by atoms with van der Waals surface area (Å²) >= 11 is 5.80. The molecule has 5 heteroatoms. The van der Waals surface area contributed by atoms with Crippen molar-refractivity contribution in [2.75, 3.05) is 13.1 Å². The van der Waals surface area contributed by atoms with Crippen LogP contribution in [0.1, 0.15) is 15.9 Å². The Bertz CT molecular complexity index is 641. The Morgan fingerprint density at radius 2 is 1.64 bits per heavy atom. The molecule has 2 aromatic rings. The Morgan fingerprint density at radius 3 is 2.23 bits per heavy atom. The van der Waals surface area contributed by atoms with Crippen LogP contribution in [0, 0.1) is 0 Å². The number of carbonyl (C=O) groups excluding carboxylic acids is 1. The minimum atomic E-state index is -1.03. The van der Waals surface area contributed by atoms with E-state index >= 15 is 0 Å². The van der Waals surface area contributed by atoms with Crippen molar-refractivity contribution in [3.05, 3.63) is 70.7 Å². The second kappa shape index (κ2) is 7.61. The first-order valence-corrected chi connectivity index (χ1v) is 7.24. The average molecular weight is 318 g/mol. The van der Waals surface area contributed by atoms with E-state index in [0.29, 0.717) is 23.6 Å². The van der Waals surface area contributed by atoms with E-state index in [1.165, 1.54) is 4.90 Å². The van der Waals surface area contributed by atoms with Crippen LogP contribution in [0.5, 0.6) is 0 Å². The van der Waals surface area contributed by atoms with E-state index in [1.54, 1.807) is 24.3 Å². The summed E-state index contributed by atoms with van der Waals surface area (Å²) in [7, 11) is 0. The summed E-state index contributed by atoms with van der Waals surface area (Å²) in [6.45, 7) is 0.0199. The highest BCUT2D eigenvalue weighted by Crippen LogP contribution is 2.12. The third-order valence-electron chi connectivity index (χ3n) is 3.22. The van der Waals surface area contributed by atoms with Gasteiger partial charge in [0.1, 0.15) is 6.54 Å². The molecule has 0 bridgehead atoms. The van der Waals surface area contributed by atoms with Crippen molar-refractivity contribution >= 4 is 23.5 Å². The SMILES string of the molecule is O=C(O)CN(CCc1ccccc1)C(=O)c1ccc(Cl)cc1. The first-order valence-electron chi connectivity index (χ1n) is 6.87. The predicted molar refractivity (Wildman–Crippen MR) is 85.1 cm³/mol. The highest BCUT2D eigenvalue weighted by molar-refractivity contribution is 6.30. The lowest BCUT2D eigenvalue weighted by Crippen LogP contribution is -2.37. The molecule has 0 aliphatic heterocycles. The van der Waals surface area contributed by atoms with E-state index in [-0.39, 0.29) is 12.5 Å². The van der Waals surface area contributed by atoms with Crippen molar-refractivity contribution in [2.24, 2.45) is 0 Å². The van der Waals surface area contributed by atoms with Gasteiger partial charge in [0.2, 0.25) is 0 Å². The molecule has 0 aliphatic rings. The largest absolute Gasteiger partial charge is 0.480 e. The van der Waals surface area contributed by atoms with Crippen LogP contribution < -0.4 is 0 Å². The topological polar surface area (TPSA) is 57.6 Å². The number of benzene rings is 2. The van der Waals surface area contributed by atoms with Gasteiger partial charge in [0.25, 0.3) is 5.91 Å². The Labute approximate surface area is 133 Å². The van der Waals surface area contributed by atoms with Gasteiger partial charge in [0.15, 0.2) is 0 Å². The number of hydrogen-bond donors (Lipinski definition) is 1. The summed E-state index contributed by atoms with van der Waals surface area (Å²) in [6, 6.07) is 16.1. The van der Waals surface area contributed by atoms with E-state index in [1.807, 2.05) is 30.3 Å². The fraction of sp³-hybridized carbons (Fsp3) is 0.176. The molecule has 0 saturated carbocycles. The monoisotopic (exact) mass is 317 g/mol. The van der Waals surface area contributed by atoms with E-state index < -0.39 is 5.97 Å². The van der Waals surface area contributed by atoms with Crippen LogP contribution in [0.25, 0.3) is 0 Å². The fourth-order valence-electron chi connectivity index (χ4n) is 2.10. The molecule has 0 heterocycles. The maximum absolute atomic E-state index is 12.4. The molecule has 0 atom stereocenters. The van der Waals surface area contributed by atoms with Gasteiger partial charge in [-0.3, -0.25) is 9.59 Å². The number of halogens is 1. The second-order valence-electron chi connectivity index (χ2n) is 4.86. The summed E-state index contributed by atoms with van der Waals surface area (Å²) in [4.78, 5) is 24.8. The van der Waals surface area contributed by atoms with Gasteiger partial charge in [-0.25, -0.2) is 0 Å². The summed E-state index contributed by atoms with van der Waals surface area (Å²) in [5, 5.41) is 9.54. The first-order chi connectivity index (χ1) is 10.6. The number of carbonyl (C=O) groups is 2. The van der Waals surface area contributed by atoms with E-state index in [4.69, 9.17) is 16.7 Å². The molecule has 22 heavy (non-hydrogen) atoms.